The molecule has 1 aromatic carbocycles. The van der Waals surface area contributed by atoms with E-state index in [4.69, 9.17) is 0 Å². The fourth-order valence-corrected chi connectivity index (χ4v) is 3.15. The van der Waals surface area contributed by atoms with E-state index in [1.807, 2.05) is 19.9 Å². The Morgan fingerprint density at radius 1 is 1.21 bits per heavy atom. The summed E-state index contributed by atoms with van der Waals surface area (Å²) in [6, 6.07) is 7.37. The van der Waals surface area contributed by atoms with Gasteiger partial charge in [-0.2, -0.15) is 0 Å². The van der Waals surface area contributed by atoms with E-state index in [1.54, 1.807) is 18.2 Å². The average Bonchev–Trinajstić information content (AvgIpc) is 2.42. The van der Waals surface area contributed by atoms with E-state index in [-0.39, 0.29) is 6.04 Å². The minimum atomic E-state index is -3.38. The number of hydrogen-bond acceptors (Lipinski definition) is 3. The lowest BCUT2D eigenvalue weighted by Crippen LogP contribution is -2.25. The maximum absolute atomic E-state index is 12.1. The van der Waals surface area contributed by atoms with Crippen LogP contribution < -0.4 is 10.0 Å². The van der Waals surface area contributed by atoms with Crippen LogP contribution in [0.5, 0.6) is 0 Å². The summed E-state index contributed by atoms with van der Waals surface area (Å²) < 4.78 is 26.8. The third-order valence-electron chi connectivity index (χ3n) is 2.97. The first-order valence-corrected chi connectivity index (χ1v) is 8.36. The molecule has 4 nitrogen and oxygen atoms in total. The summed E-state index contributed by atoms with van der Waals surface area (Å²) in [5.41, 5.74) is 1.02. The van der Waals surface area contributed by atoms with Gasteiger partial charge in [0, 0.05) is 12.6 Å². The van der Waals surface area contributed by atoms with E-state index in [2.05, 4.69) is 17.0 Å². The van der Waals surface area contributed by atoms with Gasteiger partial charge >= 0.3 is 0 Å². The first kappa shape index (κ1) is 16.1. The topological polar surface area (TPSA) is 58.2 Å². The number of benzene rings is 1. The summed E-state index contributed by atoms with van der Waals surface area (Å²) in [7, 11) is -3.38. The van der Waals surface area contributed by atoms with Crippen molar-refractivity contribution in [3.05, 3.63) is 29.8 Å². The largest absolute Gasteiger partial charge is 0.310 e. The molecular formula is C14H24N2O2S. The van der Waals surface area contributed by atoms with Gasteiger partial charge in [-0.15, -0.1) is 0 Å². The van der Waals surface area contributed by atoms with Gasteiger partial charge in [0.15, 0.2) is 0 Å². The molecule has 1 aromatic rings. The quantitative estimate of drug-likeness (QED) is 0.771. The normalized spacial score (nSPS) is 13.4. The Morgan fingerprint density at radius 3 is 2.53 bits per heavy atom. The van der Waals surface area contributed by atoms with Crippen LogP contribution in [0.25, 0.3) is 0 Å². The van der Waals surface area contributed by atoms with Crippen molar-refractivity contribution < 1.29 is 8.42 Å². The third kappa shape index (κ3) is 4.60. The fraction of sp³-hybridized carbons (Fsp3) is 0.571. The molecule has 0 saturated carbocycles. The summed E-state index contributed by atoms with van der Waals surface area (Å²) in [4.78, 5) is 0.342. The summed E-state index contributed by atoms with van der Waals surface area (Å²) in [6.07, 6.45) is 1.72. The van der Waals surface area contributed by atoms with Gasteiger partial charge < -0.3 is 5.32 Å². The molecule has 108 valence electrons. The standard InChI is InChI=1S/C14H24N2O2S/c1-4-10-16-19(17,18)13-9-7-8-12(11-13)14(5-2)15-6-3/h7-9,11,14-16H,4-6,10H2,1-3H3. The van der Waals surface area contributed by atoms with Crippen LogP contribution in [0.3, 0.4) is 0 Å². The molecule has 0 saturated heterocycles. The second-order valence-electron chi connectivity index (χ2n) is 4.49. The predicted molar refractivity (Wildman–Crippen MR) is 78.6 cm³/mol. The molecule has 0 aromatic heterocycles. The molecule has 0 radical (unpaired) electrons. The lowest BCUT2D eigenvalue weighted by molar-refractivity contribution is 0.535. The summed E-state index contributed by atoms with van der Waals surface area (Å²) in [5, 5.41) is 3.36. The van der Waals surface area contributed by atoms with Gasteiger partial charge in [-0.3, -0.25) is 0 Å². The molecule has 1 rings (SSSR count). The van der Waals surface area contributed by atoms with Gasteiger partial charge in [-0.1, -0.05) is 32.9 Å². The summed E-state index contributed by atoms with van der Waals surface area (Å²) in [5.74, 6) is 0. The molecule has 1 unspecified atom stereocenters. The van der Waals surface area contributed by atoms with Crippen molar-refractivity contribution in [1.29, 1.82) is 0 Å². The fourth-order valence-electron chi connectivity index (χ4n) is 1.96. The highest BCUT2D eigenvalue weighted by molar-refractivity contribution is 7.89. The van der Waals surface area contributed by atoms with E-state index < -0.39 is 10.0 Å². The lowest BCUT2D eigenvalue weighted by Gasteiger charge is -2.17. The Bertz CT molecular complexity index is 486. The average molecular weight is 284 g/mol. The Labute approximate surface area is 116 Å². The van der Waals surface area contributed by atoms with Gasteiger partial charge in [-0.25, -0.2) is 13.1 Å². The zero-order chi connectivity index (χ0) is 14.3. The highest BCUT2D eigenvalue weighted by Gasteiger charge is 2.15. The van der Waals surface area contributed by atoms with Crippen LogP contribution >= 0.6 is 0 Å². The van der Waals surface area contributed by atoms with Crippen LogP contribution in [0, 0.1) is 0 Å². The van der Waals surface area contributed by atoms with Crippen molar-refractivity contribution in [3.63, 3.8) is 0 Å². The molecule has 0 bridgehead atoms. The highest BCUT2D eigenvalue weighted by Crippen LogP contribution is 2.20. The molecule has 5 heteroatoms. The molecule has 19 heavy (non-hydrogen) atoms. The van der Waals surface area contributed by atoms with Crippen LogP contribution in [0.4, 0.5) is 0 Å². The lowest BCUT2D eigenvalue weighted by atomic mass is 10.0. The summed E-state index contributed by atoms with van der Waals surface area (Å²) in [6.45, 7) is 7.41. The van der Waals surface area contributed by atoms with Crippen molar-refractivity contribution in [1.82, 2.24) is 10.0 Å². The molecule has 0 aliphatic rings. The van der Waals surface area contributed by atoms with Gasteiger partial charge in [0.1, 0.15) is 0 Å². The molecule has 2 N–H and O–H groups in total. The van der Waals surface area contributed by atoms with E-state index in [0.29, 0.717) is 11.4 Å². The van der Waals surface area contributed by atoms with Crippen LogP contribution in [0.2, 0.25) is 0 Å². The predicted octanol–water partition coefficient (Wildman–Crippen LogP) is 2.44. The number of sulfonamides is 1. The zero-order valence-corrected chi connectivity index (χ0v) is 12.8. The Hall–Kier alpha value is -0.910. The van der Waals surface area contributed by atoms with Crippen molar-refractivity contribution in [2.24, 2.45) is 0 Å². The van der Waals surface area contributed by atoms with Crippen molar-refractivity contribution in [2.75, 3.05) is 13.1 Å². The molecule has 0 aliphatic carbocycles. The van der Waals surface area contributed by atoms with E-state index in [0.717, 1.165) is 24.9 Å². The number of nitrogens with one attached hydrogen (secondary N) is 2. The first-order valence-electron chi connectivity index (χ1n) is 6.88. The molecule has 0 aliphatic heterocycles. The third-order valence-corrected chi connectivity index (χ3v) is 4.43. The zero-order valence-electron chi connectivity index (χ0n) is 11.9. The Morgan fingerprint density at radius 2 is 1.95 bits per heavy atom. The Balaban J connectivity index is 2.99. The van der Waals surface area contributed by atoms with Gasteiger partial charge in [-0.05, 0) is 37.1 Å². The highest BCUT2D eigenvalue weighted by atomic mass is 32.2. The van der Waals surface area contributed by atoms with Gasteiger partial charge in [0.05, 0.1) is 4.90 Å². The van der Waals surface area contributed by atoms with E-state index in [1.165, 1.54) is 0 Å². The minimum absolute atomic E-state index is 0.200. The van der Waals surface area contributed by atoms with E-state index in [9.17, 15) is 8.42 Å². The van der Waals surface area contributed by atoms with Crippen LogP contribution in [0.15, 0.2) is 29.2 Å². The first-order chi connectivity index (χ1) is 9.05. The Kier molecular flexibility index (Phi) is 6.48. The van der Waals surface area contributed by atoms with Crippen molar-refractivity contribution in [2.45, 2.75) is 44.6 Å². The molecule has 0 amide bonds. The smallest absolute Gasteiger partial charge is 0.240 e. The minimum Gasteiger partial charge on any atom is -0.310 e. The number of hydrogen-bond donors (Lipinski definition) is 2. The van der Waals surface area contributed by atoms with Gasteiger partial charge in [0.2, 0.25) is 10.0 Å². The van der Waals surface area contributed by atoms with Crippen molar-refractivity contribution in [3.8, 4) is 0 Å². The molecular weight excluding hydrogens is 260 g/mol. The van der Waals surface area contributed by atoms with Crippen molar-refractivity contribution >= 4 is 10.0 Å². The second-order valence-corrected chi connectivity index (χ2v) is 6.26. The van der Waals surface area contributed by atoms with Crippen LogP contribution in [-0.4, -0.2) is 21.5 Å². The summed E-state index contributed by atoms with van der Waals surface area (Å²) >= 11 is 0. The second kappa shape index (κ2) is 7.62. The SMILES string of the molecule is CCCNS(=O)(=O)c1cccc(C(CC)NCC)c1. The van der Waals surface area contributed by atoms with Crippen LogP contribution in [-0.2, 0) is 10.0 Å². The monoisotopic (exact) mass is 284 g/mol. The molecule has 1 atom stereocenters. The molecule has 0 heterocycles. The van der Waals surface area contributed by atoms with Gasteiger partial charge in [0.25, 0.3) is 0 Å². The molecule has 0 spiro atoms. The van der Waals surface area contributed by atoms with Crippen LogP contribution in [0.1, 0.15) is 45.2 Å². The van der Waals surface area contributed by atoms with E-state index >= 15 is 0 Å². The maximum atomic E-state index is 12.1. The number of rotatable bonds is 8. The maximum Gasteiger partial charge on any atom is 0.240 e. The molecule has 0 fully saturated rings.